The highest BCUT2D eigenvalue weighted by Gasteiger charge is 2.12. The predicted molar refractivity (Wildman–Crippen MR) is 76.8 cm³/mol. The smallest absolute Gasteiger partial charge is 0.143 e. The molecule has 1 heterocycles. The number of rotatable bonds is 3. The fourth-order valence-corrected chi connectivity index (χ4v) is 1.95. The van der Waals surface area contributed by atoms with Crippen LogP contribution in [-0.2, 0) is 0 Å². The molecule has 0 aliphatic carbocycles. The predicted octanol–water partition coefficient (Wildman–Crippen LogP) is 2.74. The van der Waals surface area contributed by atoms with E-state index >= 15 is 0 Å². The number of aryl methyl sites for hydroxylation is 1. The zero-order valence-corrected chi connectivity index (χ0v) is 11.0. The van der Waals surface area contributed by atoms with Crippen molar-refractivity contribution >= 4 is 11.3 Å². The summed E-state index contributed by atoms with van der Waals surface area (Å²) in [6.07, 6.45) is 1.47. The van der Waals surface area contributed by atoms with Gasteiger partial charge in [-0.25, -0.2) is 0 Å². The lowest BCUT2D eigenvalue weighted by Crippen LogP contribution is -2.20. The molecule has 98 valence electrons. The van der Waals surface area contributed by atoms with Crippen molar-refractivity contribution in [2.24, 2.45) is 0 Å². The number of ether oxygens (including phenoxy) is 1. The second kappa shape index (κ2) is 5.44. The molecule has 0 aromatic heterocycles. The highest BCUT2D eigenvalue weighted by Crippen LogP contribution is 2.32. The summed E-state index contributed by atoms with van der Waals surface area (Å²) >= 11 is 0. The van der Waals surface area contributed by atoms with Gasteiger partial charge in [-0.2, -0.15) is 0 Å². The van der Waals surface area contributed by atoms with Gasteiger partial charge >= 0.3 is 0 Å². The van der Waals surface area contributed by atoms with Gasteiger partial charge in [0.05, 0.1) is 11.8 Å². The standard InChI is InChI=1S/C15H22N2O/c1-10(2)18-15-9-13(11(3)8-14(15)16)12-4-6-17-7-5-12/h4,8-10,17H,5-7,16H2,1-3H3/i6D2,7D2. The zero-order valence-electron chi connectivity index (χ0n) is 15.0. The number of nitrogens with two attached hydrogens (primary N) is 1. The van der Waals surface area contributed by atoms with Crippen LogP contribution in [0.25, 0.3) is 5.57 Å². The third-order valence-corrected chi connectivity index (χ3v) is 2.75. The first-order valence-corrected chi connectivity index (χ1v) is 6.07. The molecule has 0 atom stereocenters. The molecule has 2 rings (SSSR count). The summed E-state index contributed by atoms with van der Waals surface area (Å²) < 4.78 is 37.0. The molecule has 0 unspecified atom stereocenters. The molecule has 1 aromatic rings. The first kappa shape index (κ1) is 8.59. The number of anilines is 1. The first-order chi connectivity index (χ1) is 9.99. The van der Waals surface area contributed by atoms with Crippen LogP contribution in [0, 0.1) is 6.92 Å². The largest absolute Gasteiger partial charge is 0.489 e. The van der Waals surface area contributed by atoms with Crippen molar-refractivity contribution in [3.8, 4) is 5.75 Å². The highest BCUT2D eigenvalue weighted by molar-refractivity contribution is 5.73. The maximum Gasteiger partial charge on any atom is 0.143 e. The normalized spacial score (nSPS) is 24.6. The van der Waals surface area contributed by atoms with E-state index in [1.165, 1.54) is 6.08 Å². The number of nitrogens with one attached hydrogen (secondary N) is 1. The van der Waals surface area contributed by atoms with Crippen molar-refractivity contribution in [2.45, 2.75) is 33.3 Å². The van der Waals surface area contributed by atoms with Gasteiger partial charge in [0, 0.05) is 12.0 Å². The fraction of sp³-hybridized carbons (Fsp3) is 0.467. The van der Waals surface area contributed by atoms with E-state index < -0.39 is 13.0 Å². The van der Waals surface area contributed by atoms with Gasteiger partial charge in [-0.1, -0.05) is 6.08 Å². The van der Waals surface area contributed by atoms with Crippen LogP contribution < -0.4 is 15.8 Å². The van der Waals surface area contributed by atoms with Crippen LogP contribution in [0.3, 0.4) is 0 Å². The Bertz CT molecular complexity index is 612. The number of hydrogen-bond donors (Lipinski definition) is 2. The lowest BCUT2D eigenvalue weighted by atomic mass is 9.95. The Hall–Kier alpha value is -1.48. The lowest BCUT2D eigenvalue weighted by Gasteiger charge is -2.19. The van der Waals surface area contributed by atoms with Gasteiger partial charge in [-0.3, -0.25) is 0 Å². The SMILES string of the molecule is [2H]C1([2H])C=C(c2cc(OC(C)C)c(N)cc2C)CC([2H])([2H])N1. The minimum Gasteiger partial charge on any atom is -0.489 e. The molecule has 3 nitrogen and oxygen atoms in total. The number of hydrogen-bond acceptors (Lipinski definition) is 3. The van der Waals surface area contributed by atoms with E-state index in [-0.39, 0.29) is 12.5 Å². The molecule has 0 saturated heterocycles. The van der Waals surface area contributed by atoms with Crippen LogP contribution in [-0.4, -0.2) is 19.1 Å². The Balaban J connectivity index is 2.49. The maximum atomic E-state index is 7.86. The van der Waals surface area contributed by atoms with E-state index in [9.17, 15) is 0 Å². The molecule has 3 N–H and O–H groups in total. The van der Waals surface area contributed by atoms with Gasteiger partial charge in [0.1, 0.15) is 5.75 Å². The highest BCUT2D eigenvalue weighted by atomic mass is 16.5. The maximum absolute atomic E-state index is 7.86. The third kappa shape index (κ3) is 2.85. The molecule has 0 radical (unpaired) electrons. The Morgan fingerprint density at radius 2 is 2.22 bits per heavy atom. The van der Waals surface area contributed by atoms with Crippen molar-refractivity contribution in [1.82, 2.24) is 5.32 Å². The topological polar surface area (TPSA) is 47.3 Å². The van der Waals surface area contributed by atoms with Crippen molar-refractivity contribution in [2.75, 3.05) is 18.7 Å². The van der Waals surface area contributed by atoms with Crippen LogP contribution in [0.1, 0.15) is 36.9 Å². The van der Waals surface area contributed by atoms with Gasteiger partial charge in [0.15, 0.2) is 0 Å². The average Bonchev–Trinajstić information content (AvgIpc) is 2.27. The zero-order chi connectivity index (χ0) is 16.7. The Morgan fingerprint density at radius 3 is 2.89 bits per heavy atom. The Labute approximate surface area is 115 Å². The van der Waals surface area contributed by atoms with Crippen molar-refractivity contribution in [1.29, 1.82) is 0 Å². The molecule has 1 aromatic carbocycles. The fourth-order valence-electron chi connectivity index (χ4n) is 1.95. The molecule has 0 bridgehead atoms. The van der Waals surface area contributed by atoms with Crippen LogP contribution in [0.4, 0.5) is 5.69 Å². The monoisotopic (exact) mass is 250 g/mol. The van der Waals surface area contributed by atoms with Crippen LogP contribution in [0.2, 0.25) is 0 Å². The van der Waals surface area contributed by atoms with E-state index in [1.54, 1.807) is 12.1 Å². The second-order valence-electron chi connectivity index (χ2n) is 4.66. The van der Waals surface area contributed by atoms with Crippen LogP contribution in [0.5, 0.6) is 5.75 Å². The minimum atomic E-state index is -1.90. The second-order valence-corrected chi connectivity index (χ2v) is 4.66. The van der Waals surface area contributed by atoms with E-state index in [4.69, 9.17) is 16.0 Å². The molecular formula is C15H22N2O. The van der Waals surface area contributed by atoms with Crippen LogP contribution in [0.15, 0.2) is 18.2 Å². The van der Waals surface area contributed by atoms with Gasteiger partial charge in [0.25, 0.3) is 0 Å². The van der Waals surface area contributed by atoms with Crippen molar-refractivity contribution < 1.29 is 10.2 Å². The summed E-state index contributed by atoms with van der Waals surface area (Å²) in [6, 6.07) is 3.55. The van der Waals surface area contributed by atoms with Gasteiger partial charge < -0.3 is 15.8 Å². The van der Waals surface area contributed by atoms with E-state index in [1.807, 2.05) is 20.8 Å². The molecule has 0 spiro atoms. The van der Waals surface area contributed by atoms with Crippen LogP contribution >= 0.6 is 0 Å². The van der Waals surface area contributed by atoms with E-state index in [0.717, 1.165) is 11.1 Å². The van der Waals surface area contributed by atoms with Crippen molar-refractivity contribution in [3.05, 3.63) is 29.3 Å². The van der Waals surface area contributed by atoms with Gasteiger partial charge in [0.2, 0.25) is 0 Å². The number of nitrogen functional groups attached to an aromatic ring is 1. The summed E-state index contributed by atoms with van der Waals surface area (Å²) in [5.74, 6) is 0.538. The lowest BCUT2D eigenvalue weighted by molar-refractivity contribution is 0.244. The molecule has 3 heteroatoms. The minimum absolute atomic E-state index is 0.0299. The van der Waals surface area contributed by atoms with Gasteiger partial charge in [-0.05, 0) is 62.5 Å². The number of benzene rings is 1. The molecule has 0 amide bonds. The third-order valence-electron chi connectivity index (χ3n) is 2.75. The molecular weight excluding hydrogens is 224 g/mol. The summed E-state index contributed by atoms with van der Waals surface area (Å²) in [5, 5.41) is 2.34. The summed E-state index contributed by atoms with van der Waals surface area (Å²) in [6.45, 7) is 1.98. The molecule has 0 fully saturated rings. The molecule has 1 aliphatic rings. The summed E-state index contributed by atoms with van der Waals surface area (Å²) in [7, 11) is 0. The molecule has 1 aliphatic heterocycles. The van der Waals surface area contributed by atoms with Gasteiger partial charge in [-0.15, -0.1) is 0 Å². The molecule has 0 saturated carbocycles. The quantitative estimate of drug-likeness (QED) is 0.811. The van der Waals surface area contributed by atoms with E-state index in [0.29, 0.717) is 17.0 Å². The average molecular weight is 250 g/mol. The molecule has 18 heavy (non-hydrogen) atoms. The Kier molecular flexibility index (Phi) is 2.60. The summed E-state index contributed by atoms with van der Waals surface area (Å²) in [5.41, 5.74) is 8.74. The van der Waals surface area contributed by atoms with E-state index in [2.05, 4.69) is 5.32 Å². The first-order valence-electron chi connectivity index (χ1n) is 8.07. The summed E-state index contributed by atoms with van der Waals surface area (Å²) in [4.78, 5) is 0. The Morgan fingerprint density at radius 1 is 1.44 bits per heavy atom. The van der Waals surface area contributed by atoms with Crippen molar-refractivity contribution in [3.63, 3.8) is 0 Å².